The smallest absolute Gasteiger partial charge is 0.318 e. The molecule has 1 aliphatic rings. The average molecular weight is 474 g/mol. The van der Waals surface area contributed by atoms with Gasteiger partial charge in [0.05, 0.1) is 29.7 Å². The minimum absolute atomic E-state index is 0.105. The molecule has 0 saturated carbocycles. The van der Waals surface area contributed by atoms with Gasteiger partial charge >= 0.3 is 6.03 Å². The van der Waals surface area contributed by atoms with E-state index in [9.17, 15) is 4.79 Å². The van der Waals surface area contributed by atoms with E-state index < -0.39 is 0 Å². The first-order valence-electron chi connectivity index (χ1n) is 11.6. The van der Waals surface area contributed by atoms with Crippen molar-refractivity contribution in [1.82, 2.24) is 24.6 Å². The summed E-state index contributed by atoms with van der Waals surface area (Å²) in [5.41, 5.74) is 4.84. The molecule has 4 aromatic rings. The Morgan fingerprint density at radius 2 is 1.91 bits per heavy atom. The Morgan fingerprint density at radius 1 is 1.12 bits per heavy atom. The lowest BCUT2D eigenvalue weighted by Crippen LogP contribution is -2.43. The fraction of sp³-hybridized carbons (Fsp3) is 0.259. The maximum Gasteiger partial charge on any atom is 0.318 e. The van der Waals surface area contributed by atoms with Gasteiger partial charge in [-0.15, -0.1) is 0 Å². The molecule has 2 amide bonds. The standard InChI is InChI=1S/C27H28ClN5O/c1-18(2)16-29-27(34)32-17-23-19(3)30-33(22-11-5-4-6-12-22)26(23)31-14-8-13-24(31)25(32)20-9-7-10-21(28)15-20/h4-15,18,25H,16-17H2,1-3H3,(H,29,34). The molecule has 1 N–H and O–H groups in total. The first-order valence-corrected chi connectivity index (χ1v) is 11.9. The van der Waals surface area contributed by atoms with Gasteiger partial charge in [-0.25, -0.2) is 9.48 Å². The number of amides is 2. The Kier molecular flexibility index (Phi) is 5.92. The SMILES string of the molecule is Cc1nn(-c2ccccc2)c2c1CN(C(=O)NCC(C)C)C(c1cccc(Cl)c1)c1cccn1-2. The number of nitrogens with one attached hydrogen (secondary N) is 1. The topological polar surface area (TPSA) is 55.1 Å². The first-order chi connectivity index (χ1) is 16.4. The molecular weight excluding hydrogens is 446 g/mol. The van der Waals surface area contributed by atoms with Crippen LogP contribution in [-0.2, 0) is 6.54 Å². The average Bonchev–Trinajstić information content (AvgIpc) is 3.38. The summed E-state index contributed by atoms with van der Waals surface area (Å²) in [6.45, 7) is 7.22. The quantitative estimate of drug-likeness (QED) is 0.401. The van der Waals surface area contributed by atoms with Gasteiger partial charge in [-0.05, 0) is 54.8 Å². The zero-order valence-corrected chi connectivity index (χ0v) is 20.3. The second-order valence-electron chi connectivity index (χ2n) is 9.10. The third kappa shape index (κ3) is 3.99. The van der Waals surface area contributed by atoms with E-state index in [-0.39, 0.29) is 12.1 Å². The summed E-state index contributed by atoms with van der Waals surface area (Å²) in [5.74, 6) is 1.30. The van der Waals surface area contributed by atoms with Gasteiger partial charge in [0.1, 0.15) is 5.82 Å². The van der Waals surface area contributed by atoms with Gasteiger partial charge in [-0.1, -0.05) is 55.8 Å². The predicted molar refractivity (Wildman–Crippen MR) is 135 cm³/mol. The summed E-state index contributed by atoms with van der Waals surface area (Å²) in [6.07, 6.45) is 2.04. The van der Waals surface area contributed by atoms with Crippen LogP contribution in [0.4, 0.5) is 4.79 Å². The number of urea groups is 1. The van der Waals surface area contributed by atoms with Gasteiger partial charge in [0.25, 0.3) is 0 Å². The molecule has 0 fully saturated rings. The van der Waals surface area contributed by atoms with Gasteiger partial charge in [0, 0.05) is 23.3 Å². The van der Waals surface area contributed by atoms with Crippen LogP contribution in [0.2, 0.25) is 5.02 Å². The lowest BCUT2D eigenvalue weighted by atomic mass is 10.0. The van der Waals surface area contributed by atoms with E-state index in [1.165, 1.54) is 0 Å². The number of nitrogens with zero attached hydrogens (tertiary/aromatic N) is 4. The molecule has 7 heteroatoms. The minimum Gasteiger partial charge on any atom is -0.338 e. The number of carbonyl (C=O) groups is 1. The zero-order chi connectivity index (χ0) is 23.8. The molecule has 1 aliphatic heterocycles. The highest BCUT2D eigenvalue weighted by Gasteiger charge is 2.36. The number of hydrogen-bond acceptors (Lipinski definition) is 2. The second kappa shape index (κ2) is 9.03. The van der Waals surface area contributed by atoms with Crippen LogP contribution in [-0.4, -0.2) is 31.8 Å². The Balaban J connectivity index is 1.72. The van der Waals surface area contributed by atoms with Crippen molar-refractivity contribution in [3.05, 3.63) is 100 Å². The maximum absolute atomic E-state index is 13.6. The molecule has 34 heavy (non-hydrogen) atoms. The van der Waals surface area contributed by atoms with Crippen LogP contribution >= 0.6 is 11.6 Å². The van der Waals surface area contributed by atoms with E-state index in [1.807, 2.05) is 83.4 Å². The molecule has 2 aromatic carbocycles. The van der Waals surface area contributed by atoms with Crippen molar-refractivity contribution in [2.75, 3.05) is 6.54 Å². The highest BCUT2D eigenvalue weighted by Crippen LogP contribution is 2.38. The molecule has 0 saturated heterocycles. The number of carbonyl (C=O) groups excluding carboxylic acids is 1. The maximum atomic E-state index is 13.6. The number of hydrogen-bond donors (Lipinski definition) is 1. The molecule has 6 nitrogen and oxygen atoms in total. The molecule has 1 unspecified atom stereocenters. The summed E-state index contributed by atoms with van der Waals surface area (Å²) in [4.78, 5) is 15.5. The van der Waals surface area contributed by atoms with Crippen LogP contribution in [0.3, 0.4) is 0 Å². The fourth-order valence-corrected chi connectivity index (χ4v) is 4.77. The van der Waals surface area contributed by atoms with E-state index in [0.29, 0.717) is 24.0 Å². The van der Waals surface area contributed by atoms with Crippen LogP contribution in [0.1, 0.15) is 42.4 Å². The monoisotopic (exact) mass is 473 g/mol. The largest absolute Gasteiger partial charge is 0.338 e. The van der Waals surface area contributed by atoms with Gasteiger partial charge in [0.2, 0.25) is 0 Å². The van der Waals surface area contributed by atoms with Gasteiger partial charge in [0.15, 0.2) is 0 Å². The Hall–Kier alpha value is -3.51. The van der Waals surface area contributed by atoms with Crippen molar-refractivity contribution < 1.29 is 4.79 Å². The highest BCUT2D eigenvalue weighted by atomic mass is 35.5. The normalized spacial score (nSPS) is 15.1. The van der Waals surface area contributed by atoms with Gasteiger partial charge in [-0.2, -0.15) is 5.10 Å². The summed E-state index contributed by atoms with van der Waals surface area (Å²) in [5, 5.41) is 8.65. The van der Waals surface area contributed by atoms with Crippen LogP contribution in [0.5, 0.6) is 0 Å². The lowest BCUT2D eigenvalue weighted by molar-refractivity contribution is 0.179. The molecule has 174 valence electrons. The molecule has 0 spiro atoms. The number of rotatable bonds is 4. The van der Waals surface area contributed by atoms with E-state index in [0.717, 1.165) is 34.0 Å². The van der Waals surface area contributed by atoms with Crippen LogP contribution < -0.4 is 5.32 Å². The summed E-state index contributed by atoms with van der Waals surface area (Å²) in [7, 11) is 0. The minimum atomic E-state index is -0.308. The van der Waals surface area contributed by atoms with E-state index in [4.69, 9.17) is 16.7 Å². The molecule has 0 aliphatic carbocycles. The molecular formula is C27H28ClN5O. The summed E-state index contributed by atoms with van der Waals surface area (Å²) in [6, 6.07) is 21.5. The van der Waals surface area contributed by atoms with E-state index >= 15 is 0 Å². The Bertz CT molecular complexity index is 1320. The van der Waals surface area contributed by atoms with Crippen molar-refractivity contribution in [3.63, 3.8) is 0 Å². The summed E-state index contributed by atoms with van der Waals surface area (Å²) >= 11 is 6.39. The lowest BCUT2D eigenvalue weighted by Gasteiger charge is -2.31. The fourth-order valence-electron chi connectivity index (χ4n) is 4.57. The molecule has 0 radical (unpaired) electrons. The molecule has 2 aromatic heterocycles. The van der Waals surface area contributed by atoms with Crippen LogP contribution in [0, 0.1) is 12.8 Å². The number of aryl methyl sites for hydroxylation is 1. The van der Waals surface area contributed by atoms with Crippen molar-refractivity contribution in [1.29, 1.82) is 0 Å². The van der Waals surface area contributed by atoms with Crippen LogP contribution in [0.15, 0.2) is 72.9 Å². The van der Waals surface area contributed by atoms with Crippen molar-refractivity contribution in [2.24, 2.45) is 5.92 Å². The van der Waals surface area contributed by atoms with Crippen molar-refractivity contribution >= 4 is 17.6 Å². The Morgan fingerprint density at radius 3 is 2.65 bits per heavy atom. The predicted octanol–water partition coefficient (Wildman–Crippen LogP) is 5.90. The van der Waals surface area contributed by atoms with Crippen molar-refractivity contribution in [3.8, 4) is 11.5 Å². The zero-order valence-electron chi connectivity index (χ0n) is 19.6. The number of halogens is 1. The van der Waals surface area contributed by atoms with E-state index in [2.05, 4.69) is 29.8 Å². The molecule has 0 bridgehead atoms. The highest BCUT2D eigenvalue weighted by molar-refractivity contribution is 6.30. The third-order valence-electron chi connectivity index (χ3n) is 6.17. The second-order valence-corrected chi connectivity index (χ2v) is 9.54. The summed E-state index contributed by atoms with van der Waals surface area (Å²) < 4.78 is 4.13. The molecule has 3 heterocycles. The number of benzene rings is 2. The third-order valence-corrected chi connectivity index (χ3v) is 6.41. The van der Waals surface area contributed by atoms with Crippen LogP contribution in [0.25, 0.3) is 11.5 Å². The number of aromatic nitrogens is 3. The number of fused-ring (bicyclic) bond motifs is 3. The van der Waals surface area contributed by atoms with E-state index in [1.54, 1.807) is 0 Å². The van der Waals surface area contributed by atoms with Gasteiger partial charge in [-0.3, -0.25) is 0 Å². The Labute approximate surface area is 204 Å². The van der Waals surface area contributed by atoms with Gasteiger partial charge < -0.3 is 14.8 Å². The molecule has 5 rings (SSSR count). The first kappa shape index (κ1) is 22.3. The number of para-hydroxylation sites is 1. The molecule has 1 atom stereocenters. The van der Waals surface area contributed by atoms with Crippen molar-refractivity contribution in [2.45, 2.75) is 33.4 Å².